The van der Waals surface area contributed by atoms with Gasteiger partial charge in [0, 0.05) is 5.56 Å². The predicted molar refractivity (Wildman–Crippen MR) is 72.9 cm³/mol. The first kappa shape index (κ1) is 12.5. The average Bonchev–Trinajstić information content (AvgIpc) is 2.18. The molecule has 0 atom stereocenters. The maximum absolute atomic E-state index is 10.3. The number of hydrogen-bond acceptors (Lipinski definition) is 1. The van der Waals surface area contributed by atoms with Crippen molar-refractivity contribution in [1.82, 2.24) is 0 Å². The molecule has 1 aromatic carbocycles. The van der Waals surface area contributed by atoms with Crippen LogP contribution in [0, 0.1) is 13.8 Å². The van der Waals surface area contributed by atoms with Gasteiger partial charge >= 0.3 is 0 Å². The van der Waals surface area contributed by atoms with Gasteiger partial charge < -0.3 is 5.11 Å². The van der Waals surface area contributed by atoms with Crippen LogP contribution in [-0.4, -0.2) is 5.11 Å². The van der Waals surface area contributed by atoms with E-state index in [9.17, 15) is 5.11 Å². The van der Waals surface area contributed by atoms with E-state index in [0.29, 0.717) is 5.75 Å². The Morgan fingerprint density at radius 3 is 1.94 bits per heavy atom. The van der Waals surface area contributed by atoms with Crippen molar-refractivity contribution < 1.29 is 5.11 Å². The lowest BCUT2D eigenvalue weighted by Crippen LogP contribution is -2.35. The molecule has 0 aromatic heterocycles. The Morgan fingerprint density at radius 2 is 1.41 bits per heavy atom. The highest BCUT2D eigenvalue weighted by Gasteiger charge is 2.40. The molecule has 0 spiro atoms. The molecule has 0 fully saturated rings. The van der Waals surface area contributed by atoms with Crippen molar-refractivity contribution in [3.8, 4) is 5.75 Å². The Labute approximate surface area is 105 Å². The zero-order valence-corrected chi connectivity index (χ0v) is 11.9. The van der Waals surface area contributed by atoms with Gasteiger partial charge in [-0.05, 0) is 60.3 Å². The summed E-state index contributed by atoms with van der Waals surface area (Å²) in [6.07, 6.45) is 2.33. The van der Waals surface area contributed by atoms with Crippen LogP contribution in [0.15, 0.2) is 6.07 Å². The van der Waals surface area contributed by atoms with E-state index >= 15 is 0 Å². The number of hydrogen-bond donors (Lipinski definition) is 1. The average molecular weight is 232 g/mol. The van der Waals surface area contributed by atoms with E-state index in [1.165, 1.54) is 28.7 Å². The summed E-state index contributed by atoms with van der Waals surface area (Å²) in [7, 11) is 0. The standard InChI is InChI=1S/C16H24O/c1-10-9-12(17)14-13(11(10)2)15(3,4)7-8-16(14,5)6/h9,17H,7-8H2,1-6H3. The van der Waals surface area contributed by atoms with Gasteiger partial charge in [-0.15, -0.1) is 0 Å². The lowest BCUT2D eigenvalue weighted by molar-refractivity contribution is 0.316. The highest BCUT2D eigenvalue weighted by atomic mass is 16.3. The summed E-state index contributed by atoms with van der Waals surface area (Å²) in [5.41, 5.74) is 5.39. The maximum atomic E-state index is 10.3. The van der Waals surface area contributed by atoms with Gasteiger partial charge in [0.15, 0.2) is 0 Å². The van der Waals surface area contributed by atoms with Crippen LogP contribution in [-0.2, 0) is 10.8 Å². The lowest BCUT2D eigenvalue weighted by atomic mass is 9.61. The summed E-state index contributed by atoms with van der Waals surface area (Å²) in [5, 5.41) is 10.3. The van der Waals surface area contributed by atoms with Crippen molar-refractivity contribution in [1.29, 1.82) is 0 Å². The Balaban J connectivity index is 2.85. The van der Waals surface area contributed by atoms with Crippen LogP contribution in [0.4, 0.5) is 0 Å². The summed E-state index contributed by atoms with van der Waals surface area (Å²) in [5.74, 6) is 0.487. The first-order valence-corrected chi connectivity index (χ1v) is 6.51. The molecule has 0 unspecified atom stereocenters. The molecular weight excluding hydrogens is 208 g/mol. The van der Waals surface area contributed by atoms with Crippen LogP contribution in [0.1, 0.15) is 62.8 Å². The second-order valence-electron chi connectivity index (χ2n) is 6.86. The van der Waals surface area contributed by atoms with E-state index in [1.807, 2.05) is 6.07 Å². The van der Waals surface area contributed by atoms with Crippen molar-refractivity contribution in [2.24, 2.45) is 0 Å². The smallest absolute Gasteiger partial charge is 0.119 e. The summed E-state index contributed by atoms with van der Waals surface area (Å²) < 4.78 is 0. The highest BCUT2D eigenvalue weighted by molar-refractivity contribution is 5.55. The minimum atomic E-state index is 0.0907. The summed E-state index contributed by atoms with van der Waals surface area (Å²) in [4.78, 5) is 0. The molecule has 1 nitrogen and oxygen atoms in total. The lowest BCUT2D eigenvalue weighted by Gasteiger charge is -2.43. The number of aromatic hydroxyl groups is 1. The minimum Gasteiger partial charge on any atom is -0.508 e. The Bertz CT molecular complexity index is 467. The number of phenolic OH excluding ortho intramolecular Hbond substituents is 1. The molecular formula is C16H24O. The van der Waals surface area contributed by atoms with E-state index in [2.05, 4.69) is 41.5 Å². The molecule has 0 bridgehead atoms. The maximum Gasteiger partial charge on any atom is 0.119 e. The number of fused-ring (bicyclic) bond motifs is 1. The molecule has 0 heterocycles. The van der Waals surface area contributed by atoms with Gasteiger partial charge in [0.1, 0.15) is 5.75 Å². The SMILES string of the molecule is Cc1cc(O)c2c(c1C)C(C)(C)CCC2(C)C. The fraction of sp³-hybridized carbons (Fsp3) is 0.625. The fourth-order valence-corrected chi connectivity index (χ4v) is 3.30. The number of benzene rings is 1. The van der Waals surface area contributed by atoms with E-state index in [1.54, 1.807) is 0 Å². The zero-order chi connectivity index (χ0) is 13.0. The second kappa shape index (κ2) is 3.51. The third kappa shape index (κ3) is 1.76. The minimum absolute atomic E-state index is 0.0907. The van der Waals surface area contributed by atoms with Gasteiger partial charge in [0.05, 0.1) is 0 Å². The van der Waals surface area contributed by atoms with Crippen LogP contribution in [0.3, 0.4) is 0 Å². The highest BCUT2D eigenvalue weighted by Crippen LogP contribution is 2.50. The Morgan fingerprint density at radius 1 is 0.941 bits per heavy atom. The van der Waals surface area contributed by atoms with Crippen LogP contribution >= 0.6 is 0 Å². The monoisotopic (exact) mass is 232 g/mol. The van der Waals surface area contributed by atoms with E-state index < -0.39 is 0 Å². The van der Waals surface area contributed by atoms with E-state index in [4.69, 9.17) is 0 Å². The third-order valence-corrected chi connectivity index (χ3v) is 4.55. The molecule has 1 aliphatic carbocycles. The third-order valence-electron chi connectivity index (χ3n) is 4.55. The van der Waals surface area contributed by atoms with Crippen molar-refractivity contribution >= 4 is 0 Å². The number of phenols is 1. The van der Waals surface area contributed by atoms with Crippen LogP contribution < -0.4 is 0 Å². The molecule has 0 aliphatic heterocycles. The number of aryl methyl sites for hydroxylation is 1. The van der Waals surface area contributed by atoms with E-state index in [0.717, 1.165) is 6.42 Å². The predicted octanol–water partition coefficient (Wildman–Crippen LogP) is 4.36. The molecule has 0 saturated heterocycles. The van der Waals surface area contributed by atoms with Gasteiger partial charge in [-0.25, -0.2) is 0 Å². The largest absolute Gasteiger partial charge is 0.508 e. The summed E-state index contributed by atoms with van der Waals surface area (Å²) in [6.45, 7) is 13.4. The summed E-state index contributed by atoms with van der Waals surface area (Å²) >= 11 is 0. The Hall–Kier alpha value is -0.980. The Kier molecular flexibility index (Phi) is 2.57. The molecule has 1 heteroatoms. The van der Waals surface area contributed by atoms with Gasteiger partial charge in [0.25, 0.3) is 0 Å². The van der Waals surface area contributed by atoms with Crippen molar-refractivity contribution in [2.75, 3.05) is 0 Å². The van der Waals surface area contributed by atoms with Crippen LogP contribution in [0.5, 0.6) is 5.75 Å². The fourth-order valence-electron chi connectivity index (χ4n) is 3.30. The molecule has 0 amide bonds. The van der Waals surface area contributed by atoms with Gasteiger partial charge in [-0.2, -0.15) is 0 Å². The van der Waals surface area contributed by atoms with E-state index in [-0.39, 0.29) is 10.8 Å². The van der Waals surface area contributed by atoms with Crippen LogP contribution in [0.25, 0.3) is 0 Å². The topological polar surface area (TPSA) is 20.2 Å². The molecule has 17 heavy (non-hydrogen) atoms. The molecule has 1 aromatic rings. The summed E-state index contributed by atoms with van der Waals surface area (Å²) in [6, 6.07) is 1.93. The zero-order valence-electron chi connectivity index (χ0n) is 11.9. The van der Waals surface area contributed by atoms with Crippen molar-refractivity contribution in [3.05, 3.63) is 28.3 Å². The van der Waals surface area contributed by atoms with Crippen LogP contribution in [0.2, 0.25) is 0 Å². The van der Waals surface area contributed by atoms with Crippen molar-refractivity contribution in [2.45, 2.75) is 65.2 Å². The van der Waals surface area contributed by atoms with Crippen molar-refractivity contribution in [3.63, 3.8) is 0 Å². The quantitative estimate of drug-likeness (QED) is 0.704. The molecule has 0 saturated carbocycles. The van der Waals surface area contributed by atoms with Gasteiger partial charge in [0.2, 0.25) is 0 Å². The first-order valence-electron chi connectivity index (χ1n) is 6.51. The van der Waals surface area contributed by atoms with Gasteiger partial charge in [-0.1, -0.05) is 27.7 Å². The molecule has 1 aliphatic rings. The normalized spacial score (nSPS) is 21.1. The number of rotatable bonds is 0. The molecule has 94 valence electrons. The molecule has 0 radical (unpaired) electrons. The van der Waals surface area contributed by atoms with Gasteiger partial charge in [-0.3, -0.25) is 0 Å². The second-order valence-corrected chi connectivity index (χ2v) is 6.86. The molecule has 2 rings (SSSR count). The molecule has 1 N–H and O–H groups in total. The first-order chi connectivity index (χ1) is 7.67.